The molecule has 0 unspecified atom stereocenters. The summed E-state index contributed by atoms with van der Waals surface area (Å²) in [7, 11) is 0. The first-order chi connectivity index (χ1) is 14.1. The van der Waals surface area contributed by atoms with Crippen molar-refractivity contribution in [2.24, 2.45) is 5.92 Å². The van der Waals surface area contributed by atoms with E-state index in [-0.39, 0.29) is 11.6 Å². The third-order valence-corrected chi connectivity index (χ3v) is 6.46. The van der Waals surface area contributed by atoms with Crippen molar-refractivity contribution < 1.29 is 8.78 Å². The SMILES string of the molecule is C/C=C/CCc1ccc(-c2ccc(C3CCC(CCCC)CC3)c(F)c2)cc1F. The summed E-state index contributed by atoms with van der Waals surface area (Å²) >= 11 is 0. The lowest BCUT2D eigenvalue weighted by molar-refractivity contribution is 0.301. The van der Waals surface area contributed by atoms with Gasteiger partial charge in [0.2, 0.25) is 0 Å². The van der Waals surface area contributed by atoms with E-state index in [4.69, 9.17) is 0 Å². The van der Waals surface area contributed by atoms with Crippen LogP contribution < -0.4 is 0 Å². The first-order valence-electron chi connectivity index (χ1n) is 11.3. The Hall–Kier alpha value is -1.96. The highest BCUT2D eigenvalue weighted by Gasteiger charge is 2.24. The van der Waals surface area contributed by atoms with E-state index in [1.807, 2.05) is 43.3 Å². The number of halogens is 2. The highest BCUT2D eigenvalue weighted by molar-refractivity contribution is 5.64. The van der Waals surface area contributed by atoms with Gasteiger partial charge in [0.25, 0.3) is 0 Å². The summed E-state index contributed by atoms with van der Waals surface area (Å²) in [6.07, 6.45) is 14.0. The second-order valence-electron chi connectivity index (χ2n) is 8.51. The number of hydrogen-bond donors (Lipinski definition) is 0. The van der Waals surface area contributed by atoms with Crippen molar-refractivity contribution in [3.63, 3.8) is 0 Å². The molecular formula is C27H34F2. The number of allylic oxidation sites excluding steroid dienone is 2. The average molecular weight is 397 g/mol. The second-order valence-corrected chi connectivity index (χ2v) is 8.51. The van der Waals surface area contributed by atoms with Crippen LogP contribution in [0.4, 0.5) is 8.78 Å². The molecule has 29 heavy (non-hydrogen) atoms. The van der Waals surface area contributed by atoms with Gasteiger partial charge in [0.15, 0.2) is 0 Å². The minimum absolute atomic E-state index is 0.142. The second kappa shape index (κ2) is 10.7. The lowest BCUT2D eigenvalue weighted by atomic mass is 9.77. The van der Waals surface area contributed by atoms with Gasteiger partial charge in [-0.15, -0.1) is 0 Å². The quantitative estimate of drug-likeness (QED) is 0.392. The fourth-order valence-electron chi connectivity index (χ4n) is 4.63. The average Bonchev–Trinajstić information content (AvgIpc) is 2.74. The van der Waals surface area contributed by atoms with Crippen molar-refractivity contribution in [1.29, 1.82) is 0 Å². The van der Waals surface area contributed by atoms with Crippen LogP contribution >= 0.6 is 0 Å². The zero-order valence-electron chi connectivity index (χ0n) is 17.9. The summed E-state index contributed by atoms with van der Waals surface area (Å²) in [5, 5.41) is 0. The minimum atomic E-state index is -0.207. The molecule has 0 aromatic heterocycles. The van der Waals surface area contributed by atoms with Gasteiger partial charge in [0.1, 0.15) is 11.6 Å². The maximum absolute atomic E-state index is 14.9. The standard InChI is InChI=1S/C27H34F2/c1-3-5-7-9-22-14-15-23(18-26(22)28)24-16-17-25(27(29)19-24)21-12-10-20(11-13-21)8-6-4-2/h3,5,14-21H,4,6-13H2,1-2H3/b5-3+. The molecule has 1 aliphatic rings. The van der Waals surface area contributed by atoms with E-state index in [1.54, 1.807) is 12.1 Å². The van der Waals surface area contributed by atoms with Crippen molar-refractivity contribution in [1.82, 2.24) is 0 Å². The molecule has 0 atom stereocenters. The Morgan fingerprint density at radius 3 is 2.24 bits per heavy atom. The third kappa shape index (κ3) is 5.78. The topological polar surface area (TPSA) is 0 Å². The van der Waals surface area contributed by atoms with Gasteiger partial charge in [-0.25, -0.2) is 8.78 Å². The van der Waals surface area contributed by atoms with Crippen LogP contribution in [0.5, 0.6) is 0 Å². The Morgan fingerprint density at radius 2 is 1.62 bits per heavy atom. The van der Waals surface area contributed by atoms with E-state index in [0.717, 1.165) is 41.9 Å². The molecule has 0 radical (unpaired) electrons. The molecule has 3 rings (SSSR count). The summed E-state index contributed by atoms with van der Waals surface area (Å²) in [4.78, 5) is 0. The predicted molar refractivity (Wildman–Crippen MR) is 119 cm³/mol. The van der Waals surface area contributed by atoms with Crippen LogP contribution in [0.2, 0.25) is 0 Å². The zero-order valence-corrected chi connectivity index (χ0v) is 17.9. The first-order valence-corrected chi connectivity index (χ1v) is 11.3. The lowest BCUT2D eigenvalue weighted by Crippen LogP contribution is -2.14. The summed E-state index contributed by atoms with van der Waals surface area (Å²) in [6, 6.07) is 10.7. The number of rotatable bonds is 8. The third-order valence-electron chi connectivity index (χ3n) is 6.46. The Labute approximate surface area is 175 Å². The van der Waals surface area contributed by atoms with Gasteiger partial charge in [-0.2, -0.15) is 0 Å². The van der Waals surface area contributed by atoms with Crippen LogP contribution in [-0.4, -0.2) is 0 Å². The molecule has 2 aromatic carbocycles. The Kier molecular flexibility index (Phi) is 8.03. The molecule has 0 bridgehead atoms. The molecule has 0 nitrogen and oxygen atoms in total. The molecule has 156 valence electrons. The van der Waals surface area contributed by atoms with Gasteiger partial charge >= 0.3 is 0 Å². The van der Waals surface area contributed by atoms with Gasteiger partial charge in [0.05, 0.1) is 0 Å². The largest absolute Gasteiger partial charge is 0.207 e. The van der Waals surface area contributed by atoms with Crippen molar-refractivity contribution in [3.05, 3.63) is 71.3 Å². The van der Waals surface area contributed by atoms with Crippen molar-refractivity contribution >= 4 is 0 Å². The molecule has 2 heteroatoms. The van der Waals surface area contributed by atoms with Crippen molar-refractivity contribution in [2.45, 2.75) is 77.6 Å². The molecule has 0 N–H and O–H groups in total. The highest BCUT2D eigenvalue weighted by atomic mass is 19.1. The van der Waals surface area contributed by atoms with Crippen molar-refractivity contribution in [3.8, 4) is 11.1 Å². The monoisotopic (exact) mass is 396 g/mol. The van der Waals surface area contributed by atoms with Crippen LogP contribution in [0, 0.1) is 17.6 Å². The van der Waals surface area contributed by atoms with Gasteiger partial charge in [-0.1, -0.05) is 62.6 Å². The smallest absolute Gasteiger partial charge is 0.127 e. The molecule has 0 aliphatic heterocycles. The maximum Gasteiger partial charge on any atom is 0.127 e. The number of aryl methyl sites for hydroxylation is 1. The van der Waals surface area contributed by atoms with Gasteiger partial charge in [-0.05, 0) is 91.7 Å². The highest BCUT2D eigenvalue weighted by Crippen LogP contribution is 2.39. The normalized spacial score (nSPS) is 19.7. The first kappa shape index (κ1) is 21.7. The summed E-state index contributed by atoms with van der Waals surface area (Å²) < 4.78 is 29.3. The van der Waals surface area contributed by atoms with E-state index >= 15 is 0 Å². The number of unbranched alkanes of at least 4 members (excludes halogenated alkanes) is 1. The Balaban J connectivity index is 1.67. The summed E-state index contributed by atoms with van der Waals surface area (Å²) in [6.45, 7) is 4.21. The summed E-state index contributed by atoms with van der Waals surface area (Å²) in [5.74, 6) is 0.800. The van der Waals surface area contributed by atoms with Gasteiger partial charge in [0, 0.05) is 0 Å². The molecule has 0 spiro atoms. The number of benzene rings is 2. The number of hydrogen-bond acceptors (Lipinski definition) is 0. The molecular weight excluding hydrogens is 362 g/mol. The fraction of sp³-hybridized carbons (Fsp3) is 0.481. The van der Waals surface area contributed by atoms with Crippen molar-refractivity contribution in [2.75, 3.05) is 0 Å². The van der Waals surface area contributed by atoms with E-state index in [9.17, 15) is 8.78 Å². The van der Waals surface area contributed by atoms with Gasteiger partial charge in [-0.3, -0.25) is 0 Å². The Bertz CT molecular complexity index is 813. The molecule has 2 aromatic rings. The van der Waals surface area contributed by atoms with Crippen LogP contribution in [0.15, 0.2) is 48.6 Å². The van der Waals surface area contributed by atoms with Crippen LogP contribution in [0.1, 0.15) is 82.3 Å². The van der Waals surface area contributed by atoms with E-state index in [1.165, 1.54) is 32.1 Å². The van der Waals surface area contributed by atoms with Crippen LogP contribution in [0.25, 0.3) is 11.1 Å². The molecule has 1 aliphatic carbocycles. The molecule has 0 amide bonds. The predicted octanol–water partition coefficient (Wildman–Crippen LogP) is 8.60. The van der Waals surface area contributed by atoms with E-state index < -0.39 is 0 Å². The minimum Gasteiger partial charge on any atom is -0.207 e. The van der Waals surface area contributed by atoms with Gasteiger partial charge < -0.3 is 0 Å². The molecule has 0 saturated heterocycles. The molecule has 0 heterocycles. The zero-order chi connectivity index (χ0) is 20.6. The summed E-state index contributed by atoms with van der Waals surface area (Å²) in [5.41, 5.74) is 3.04. The van der Waals surface area contributed by atoms with Crippen LogP contribution in [0.3, 0.4) is 0 Å². The molecule has 1 fully saturated rings. The maximum atomic E-state index is 14.9. The Morgan fingerprint density at radius 1 is 0.931 bits per heavy atom. The lowest BCUT2D eigenvalue weighted by Gasteiger charge is -2.29. The van der Waals surface area contributed by atoms with Crippen LogP contribution in [-0.2, 0) is 6.42 Å². The fourth-order valence-corrected chi connectivity index (χ4v) is 4.63. The van der Waals surface area contributed by atoms with E-state index in [0.29, 0.717) is 17.9 Å². The molecule has 1 saturated carbocycles. The van der Waals surface area contributed by atoms with E-state index in [2.05, 4.69) is 6.92 Å².